The Labute approximate surface area is 70.4 Å². The summed E-state index contributed by atoms with van der Waals surface area (Å²) in [6, 6.07) is -0.817. The van der Waals surface area contributed by atoms with Crippen molar-refractivity contribution < 1.29 is 20.4 Å². The molecule has 0 heterocycles. The van der Waals surface area contributed by atoms with E-state index < -0.39 is 30.3 Å². The summed E-state index contributed by atoms with van der Waals surface area (Å²) in [5, 5.41) is 36.6. The average molecular weight is 177 g/mol. The van der Waals surface area contributed by atoms with Crippen molar-refractivity contribution in [3.05, 3.63) is 0 Å². The smallest absolute Gasteiger partial charge is 0.0978 e. The summed E-state index contributed by atoms with van der Waals surface area (Å²) in [5.41, 5.74) is 5.39. The molecule has 1 aliphatic rings. The van der Waals surface area contributed by atoms with Crippen LogP contribution in [0.4, 0.5) is 0 Å². The highest BCUT2D eigenvalue weighted by Crippen LogP contribution is 2.24. The normalized spacial score (nSPS) is 49.2. The van der Waals surface area contributed by atoms with E-state index >= 15 is 0 Å². The molecular weight excluding hydrogens is 162 g/mol. The van der Waals surface area contributed by atoms with Crippen LogP contribution in [0.5, 0.6) is 0 Å². The molecule has 0 radical (unpaired) electrons. The van der Waals surface area contributed by atoms with E-state index in [9.17, 15) is 15.3 Å². The number of aliphatic hydroxyl groups is 4. The van der Waals surface area contributed by atoms with Crippen molar-refractivity contribution in [2.75, 3.05) is 6.61 Å². The lowest BCUT2D eigenvalue weighted by atomic mass is 9.80. The maximum atomic E-state index is 9.32. The Morgan fingerprint density at radius 2 is 1.75 bits per heavy atom. The van der Waals surface area contributed by atoms with E-state index in [1.807, 2.05) is 0 Å². The van der Waals surface area contributed by atoms with Crippen molar-refractivity contribution in [3.8, 4) is 0 Å². The third-order valence-electron chi connectivity index (χ3n) is 2.45. The fourth-order valence-corrected chi connectivity index (χ4v) is 1.52. The van der Waals surface area contributed by atoms with Gasteiger partial charge in [-0.05, 0) is 6.42 Å². The second kappa shape index (κ2) is 3.68. The van der Waals surface area contributed by atoms with Crippen LogP contribution in [-0.2, 0) is 0 Å². The second-order valence-corrected chi connectivity index (χ2v) is 3.30. The Kier molecular flexibility index (Phi) is 3.03. The van der Waals surface area contributed by atoms with Crippen molar-refractivity contribution in [3.63, 3.8) is 0 Å². The molecule has 0 aliphatic heterocycles. The van der Waals surface area contributed by atoms with Crippen LogP contribution in [0, 0.1) is 5.92 Å². The Morgan fingerprint density at radius 1 is 1.17 bits per heavy atom. The lowest BCUT2D eigenvalue weighted by molar-refractivity contribution is -0.106. The summed E-state index contributed by atoms with van der Waals surface area (Å²) >= 11 is 0. The summed E-state index contributed by atoms with van der Waals surface area (Å²) in [5.74, 6) is -0.477. The van der Waals surface area contributed by atoms with Crippen LogP contribution in [0.15, 0.2) is 0 Å². The number of aliphatic hydroxyl groups excluding tert-OH is 4. The lowest BCUT2D eigenvalue weighted by Gasteiger charge is -2.38. The van der Waals surface area contributed by atoms with Gasteiger partial charge in [0, 0.05) is 12.5 Å². The third-order valence-corrected chi connectivity index (χ3v) is 2.45. The maximum absolute atomic E-state index is 9.32. The van der Waals surface area contributed by atoms with Crippen LogP contribution in [0.1, 0.15) is 6.42 Å². The van der Waals surface area contributed by atoms with Gasteiger partial charge in [0.2, 0.25) is 0 Å². The van der Waals surface area contributed by atoms with E-state index in [1.165, 1.54) is 0 Å². The maximum Gasteiger partial charge on any atom is 0.0978 e. The quantitative estimate of drug-likeness (QED) is 0.302. The van der Waals surface area contributed by atoms with Gasteiger partial charge in [-0.25, -0.2) is 0 Å². The molecule has 1 aliphatic carbocycles. The molecule has 5 atom stereocenters. The van der Waals surface area contributed by atoms with Crippen LogP contribution in [-0.4, -0.2) is 51.4 Å². The topological polar surface area (TPSA) is 107 Å². The standard InChI is InChI=1S/C7H15NO4/c8-5-4(10)1-3(2-9)6(11)7(5)12/h3-7,9-12H,1-2,8H2/t3-,4-,5+,6-,7-/m0/s1. The van der Waals surface area contributed by atoms with Gasteiger partial charge in [-0.1, -0.05) is 0 Å². The van der Waals surface area contributed by atoms with Gasteiger partial charge in [0.25, 0.3) is 0 Å². The molecule has 5 nitrogen and oxygen atoms in total. The lowest BCUT2D eigenvalue weighted by Crippen LogP contribution is -2.58. The minimum atomic E-state index is -1.15. The molecule has 0 amide bonds. The molecule has 0 aromatic rings. The number of hydrogen-bond donors (Lipinski definition) is 5. The van der Waals surface area contributed by atoms with Crippen LogP contribution in [0.2, 0.25) is 0 Å². The van der Waals surface area contributed by atoms with E-state index in [1.54, 1.807) is 0 Å². The third kappa shape index (κ3) is 1.60. The highest BCUT2D eigenvalue weighted by Gasteiger charge is 2.40. The zero-order valence-electron chi connectivity index (χ0n) is 6.67. The molecule has 72 valence electrons. The van der Waals surface area contributed by atoms with Gasteiger partial charge in [0.05, 0.1) is 24.4 Å². The molecule has 0 unspecified atom stereocenters. The largest absolute Gasteiger partial charge is 0.396 e. The average Bonchev–Trinajstić information content (AvgIpc) is 2.08. The van der Waals surface area contributed by atoms with E-state index in [0.29, 0.717) is 0 Å². The predicted octanol–water partition coefficient (Wildman–Crippen LogP) is -2.59. The van der Waals surface area contributed by atoms with Crippen molar-refractivity contribution in [2.45, 2.75) is 30.8 Å². The molecule has 0 saturated heterocycles. The summed E-state index contributed by atoms with van der Waals surface area (Å²) in [6.07, 6.45) is -2.80. The predicted molar refractivity (Wildman–Crippen MR) is 41.2 cm³/mol. The Bertz CT molecular complexity index is 150. The minimum absolute atomic E-state index is 0.232. The fraction of sp³-hybridized carbons (Fsp3) is 1.00. The highest BCUT2D eigenvalue weighted by molar-refractivity contribution is 4.94. The summed E-state index contributed by atoms with van der Waals surface area (Å²) in [7, 11) is 0. The van der Waals surface area contributed by atoms with Crippen LogP contribution in [0.25, 0.3) is 0 Å². The number of rotatable bonds is 1. The van der Waals surface area contributed by atoms with Gasteiger partial charge < -0.3 is 26.2 Å². The molecule has 0 spiro atoms. The molecule has 0 bridgehead atoms. The Morgan fingerprint density at radius 3 is 2.25 bits per heavy atom. The molecule has 0 aromatic carbocycles. The highest BCUT2D eigenvalue weighted by atomic mass is 16.3. The Balaban J connectivity index is 2.63. The first-order valence-corrected chi connectivity index (χ1v) is 3.98. The van der Waals surface area contributed by atoms with Crippen molar-refractivity contribution in [2.24, 2.45) is 11.7 Å². The van der Waals surface area contributed by atoms with Gasteiger partial charge in [0.15, 0.2) is 0 Å². The number of nitrogens with two attached hydrogens (primary N) is 1. The number of hydrogen-bond acceptors (Lipinski definition) is 5. The van der Waals surface area contributed by atoms with Crippen LogP contribution >= 0.6 is 0 Å². The van der Waals surface area contributed by atoms with Crippen molar-refractivity contribution in [1.29, 1.82) is 0 Å². The van der Waals surface area contributed by atoms with E-state index in [4.69, 9.17) is 10.8 Å². The molecule has 12 heavy (non-hydrogen) atoms. The summed E-state index contributed by atoms with van der Waals surface area (Å²) in [4.78, 5) is 0. The monoisotopic (exact) mass is 177 g/mol. The molecule has 5 heteroatoms. The van der Waals surface area contributed by atoms with Gasteiger partial charge in [0.1, 0.15) is 0 Å². The molecular formula is C7H15NO4. The molecule has 1 saturated carbocycles. The van der Waals surface area contributed by atoms with E-state index in [0.717, 1.165) is 0 Å². The Hall–Kier alpha value is -0.200. The fourth-order valence-electron chi connectivity index (χ4n) is 1.52. The summed E-state index contributed by atoms with van der Waals surface area (Å²) < 4.78 is 0. The van der Waals surface area contributed by atoms with E-state index in [2.05, 4.69) is 0 Å². The second-order valence-electron chi connectivity index (χ2n) is 3.30. The zero-order chi connectivity index (χ0) is 9.30. The summed E-state index contributed by atoms with van der Waals surface area (Å²) in [6.45, 7) is -0.248. The SMILES string of the molecule is N[C@H]1[C@H](O)[C@@H](O)[C@H](CO)C[C@@H]1O. The van der Waals surface area contributed by atoms with Crippen molar-refractivity contribution in [1.82, 2.24) is 0 Å². The van der Waals surface area contributed by atoms with Gasteiger partial charge >= 0.3 is 0 Å². The van der Waals surface area contributed by atoms with Crippen LogP contribution < -0.4 is 5.73 Å². The molecule has 0 aromatic heterocycles. The van der Waals surface area contributed by atoms with E-state index in [-0.39, 0.29) is 13.0 Å². The zero-order valence-corrected chi connectivity index (χ0v) is 6.67. The van der Waals surface area contributed by atoms with Gasteiger partial charge in [-0.2, -0.15) is 0 Å². The first-order valence-electron chi connectivity index (χ1n) is 3.98. The van der Waals surface area contributed by atoms with Gasteiger partial charge in [-0.15, -0.1) is 0 Å². The molecule has 1 rings (SSSR count). The van der Waals surface area contributed by atoms with Crippen LogP contribution in [0.3, 0.4) is 0 Å². The first-order chi connectivity index (χ1) is 5.57. The first kappa shape index (κ1) is 9.88. The minimum Gasteiger partial charge on any atom is -0.396 e. The van der Waals surface area contributed by atoms with Crippen molar-refractivity contribution >= 4 is 0 Å². The molecule has 6 N–H and O–H groups in total. The molecule has 1 fully saturated rings. The van der Waals surface area contributed by atoms with Gasteiger partial charge in [-0.3, -0.25) is 0 Å².